The number of piperidine rings is 1. The van der Waals surface area contributed by atoms with Crippen molar-refractivity contribution < 1.29 is 14.7 Å². The molecule has 0 aromatic carbocycles. The van der Waals surface area contributed by atoms with E-state index < -0.39 is 5.97 Å². The Morgan fingerprint density at radius 2 is 1.59 bits per heavy atom. The molecule has 0 aromatic rings. The molecule has 2 N–H and O–H groups in total. The minimum absolute atomic E-state index is 0.00297. The van der Waals surface area contributed by atoms with E-state index in [-0.39, 0.29) is 17.9 Å². The third kappa shape index (κ3) is 4.97. The zero-order valence-electron chi connectivity index (χ0n) is 13.6. The predicted octanol–water partition coefficient (Wildman–Crippen LogP) is 2.55. The second-order valence-electron chi connectivity index (χ2n) is 6.86. The number of carbonyl (C=O) groups excluding carboxylic acids is 1. The van der Waals surface area contributed by atoms with Crippen molar-refractivity contribution in [3.05, 3.63) is 0 Å². The summed E-state index contributed by atoms with van der Waals surface area (Å²) in [4.78, 5) is 25.1. The van der Waals surface area contributed by atoms with Crippen molar-refractivity contribution in [1.29, 1.82) is 0 Å². The van der Waals surface area contributed by atoms with Crippen LogP contribution in [0.25, 0.3) is 0 Å². The number of likely N-dealkylation sites (tertiary alicyclic amines) is 1. The molecule has 1 saturated carbocycles. The quantitative estimate of drug-likeness (QED) is 0.758. The maximum absolute atomic E-state index is 12.0. The van der Waals surface area contributed by atoms with Gasteiger partial charge in [-0.15, -0.1) is 0 Å². The van der Waals surface area contributed by atoms with Gasteiger partial charge in [0.05, 0.1) is 0 Å². The lowest BCUT2D eigenvalue weighted by molar-refractivity contribution is -0.137. The molecule has 2 fully saturated rings. The number of carboxylic acid groups (broad SMARTS) is 1. The third-order valence-electron chi connectivity index (χ3n) is 5.22. The van der Waals surface area contributed by atoms with Crippen molar-refractivity contribution in [1.82, 2.24) is 10.2 Å². The van der Waals surface area contributed by atoms with Crippen molar-refractivity contribution in [3.8, 4) is 0 Å². The average molecular weight is 310 g/mol. The van der Waals surface area contributed by atoms with Crippen molar-refractivity contribution in [2.24, 2.45) is 0 Å². The van der Waals surface area contributed by atoms with E-state index in [1.165, 1.54) is 51.4 Å². The maximum atomic E-state index is 12.0. The minimum atomic E-state index is -0.829. The van der Waals surface area contributed by atoms with Gasteiger partial charge in [-0.3, -0.25) is 14.5 Å². The number of rotatable bonds is 7. The van der Waals surface area contributed by atoms with E-state index in [1.807, 2.05) is 0 Å². The Bertz CT molecular complexity index is 372. The molecule has 126 valence electrons. The lowest BCUT2D eigenvalue weighted by Crippen LogP contribution is -2.58. The lowest BCUT2D eigenvalue weighted by atomic mass is 9.79. The van der Waals surface area contributed by atoms with Crippen LogP contribution in [0.4, 0.5) is 0 Å². The molecule has 5 nitrogen and oxygen atoms in total. The van der Waals surface area contributed by atoms with Crippen molar-refractivity contribution in [2.45, 2.75) is 76.2 Å². The van der Waals surface area contributed by atoms with Crippen LogP contribution < -0.4 is 5.32 Å². The van der Waals surface area contributed by atoms with Crippen LogP contribution in [0.5, 0.6) is 0 Å². The Hall–Kier alpha value is -1.10. The van der Waals surface area contributed by atoms with Crippen LogP contribution in [0.15, 0.2) is 0 Å². The molecular formula is C17H30N2O3. The van der Waals surface area contributed by atoms with Crippen LogP contribution >= 0.6 is 0 Å². The Morgan fingerprint density at radius 3 is 2.23 bits per heavy atom. The highest BCUT2D eigenvalue weighted by atomic mass is 16.4. The SMILES string of the molecule is O=C(O)CCCC(=O)NCC1(N2CCCCC2)CCCCC1. The highest BCUT2D eigenvalue weighted by molar-refractivity contribution is 5.76. The van der Waals surface area contributed by atoms with Crippen molar-refractivity contribution in [2.75, 3.05) is 19.6 Å². The Morgan fingerprint density at radius 1 is 0.955 bits per heavy atom. The van der Waals surface area contributed by atoms with Crippen LogP contribution in [-0.2, 0) is 9.59 Å². The van der Waals surface area contributed by atoms with E-state index in [4.69, 9.17) is 5.11 Å². The summed E-state index contributed by atoms with van der Waals surface area (Å²) >= 11 is 0. The zero-order valence-corrected chi connectivity index (χ0v) is 13.6. The third-order valence-corrected chi connectivity index (χ3v) is 5.22. The van der Waals surface area contributed by atoms with Crippen LogP contribution in [0, 0.1) is 0 Å². The summed E-state index contributed by atoms with van der Waals surface area (Å²) < 4.78 is 0. The molecule has 22 heavy (non-hydrogen) atoms. The summed E-state index contributed by atoms with van der Waals surface area (Å²) in [5.74, 6) is -0.826. The first kappa shape index (κ1) is 17.3. The van der Waals surface area contributed by atoms with E-state index in [0.29, 0.717) is 12.8 Å². The van der Waals surface area contributed by atoms with Crippen molar-refractivity contribution >= 4 is 11.9 Å². The van der Waals surface area contributed by atoms with Crippen LogP contribution in [0.2, 0.25) is 0 Å². The van der Waals surface area contributed by atoms with Gasteiger partial charge in [-0.25, -0.2) is 0 Å². The first-order valence-corrected chi connectivity index (χ1v) is 8.86. The van der Waals surface area contributed by atoms with Gasteiger partial charge in [-0.2, -0.15) is 0 Å². The number of amides is 1. The van der Waals surface area contributed by atoms with E-state index in [1.54, 1.807) is 0 Å². The molecule has 1 amide bonds. The fourth-order valence-corrected chi connectivity index (χ4v) is 3.93. The Kier molecular flexibility index (Phi) is 6.68. The fraction of sp³-hybridized carbons (Fsp3) is 0.882. The summed E-state index contributed by atoms with van der Waals surface area (Å²) in [5, 5.41) is 11.7. The first-order valence-electron chi connectivity index (χ1n) is 8.86. The van der Waals surface area contributed by atoms with E-state index in [2.05, 4.69) is 10.2 Å². The zero-order chi connectivity index (χ0) is 15.8. The monoisotopic (exact) mass is 310 g/mol. The smallest absolute Gasteiger partial charge is 0.303 e. The van der Waals surface area contributed by atoms with Gasteiger partial charge in [0.25, 0.3) is 0 Å². The van der Waals surface area contributed by atoms with E-state index >= 15 is 0 Å². The molecule has 1 aliphatic heterocycles. The van der Waals surface area contributed by atoms with Gasteiger partial charge in [-0.1, -0.05) is 25.7 Å². The highest BCUT2D eigenvalue weighted by Crippen LogP contribution is 2.35. The molecule has 0 radical (unpaired) electrons. The van der Waals surface area contributed by atoms with Gasteiger partial charge in [0.2, 0.25) is 5.91 Å². The molecule has 0 bridgehead atoms. The van der Waals surface area contributed by atoms with Gasteiger partial charge in [-0.05, 0) is 45.2 Å². The summed E-state index contributed by atoms with van der Waals surface area (Å²) in [6.45, 7) is 3.06. The summed E-state index contributed by atoms with van der Waals surface area (Å²) in [7, 11) is 0. The average Bonchev–Trinajstić information content (AvgIpc) is 2.54. The molecule has 2 aliphatic rings. The molecule has 0 spiro atoms. The molecule has 0 unspecified atom stereocenters. The number of carboxylic acids is 1. The van der Waals surface area contributed by atoms with Crippen LogP contribution in [0.3, 0.4) is 0 Å². The van der Waals surface area contributed by atoms with Gasteiger partial charge in [0.15, 0.2) is 0 Å². The highest BCUT2D eigenvalue weighted by Gasteiger charge is 2.38. The van der Waals surface area contributed by atoms with Crippen LogP contribution in [-0.4, -0.2) is 47.1 Å². The normalized spacial score (nSPS) is 22.2. The van der Waals surface area contributed by atoms with Crippen LogP contribution in [0.1, 0.15) is 70.6 Å². The predicted molar refractivity (Wildman–Crippen MR) is 85.7 cm³/mol. The number of aliphatic carboxylic acids is 1. The summed E-state index contributed by atoms with van der Waals surface area (Å²) in [6, 6.07) is 0. The molecule has 2 rings (SSSR count). The second-order valence-corrected chi connectivity index (χ2v) is 6.86. The number of nitrogens with one attached hydrogen (secondary N) is 1. The fourth-order valence-electron chi connectivity index (χ4n) is 3.93. The Balaban J connectivity index is 1.84. The molecule has 5 heteroatoms. The topological polar surface area (TPSA) is 69.6 Å². The van der Waals surface area contributed by atoms with E-state index in [0.717, 1.165) is 19.6 Å². The number of nitrogens with zero attached hydrogens (tertiary/aromatic N) is 1. The number of hydrogen-bond acceptors (Lipinski definition) is 3. The largest absolute Gasteiger partial charge is 0.481 e. The Labute approximate surface area is 133 Å². The van der Waals surface area contributed by atoms with Gasteiger partial charge in [0.1, 0.15) is 0 Å². The molecule has 1 heterocycles. The van der Waals surface area contributed by atoms with Crippen molar-refractivity contribution in [3.63, 3.8) is 0 Å². The lowest BCUT2D eigenvalue weighted by Gasteiger charge is -2.48. The molecular weight excluding hydrogens is 280 g/mol. The molecule has 0 atom stereocenters. The second kappa shape index (κ2) is 8.51. The van der Waals surface area contributed by atoms with E-state index in [9.17, 15) is 9.59 Å². The standard InChI is InChI=1S/C17H30N2O3/c20-15(8-7-9-16(21)22)18-14-17(10-3-1-4-11-17)19-12-5-2-6-13-19/h1-14H2,(H,18,20)(H,21,22). The van der Waals surface area contributed by atoms with Gasteiger partial charge < -0.3 is 10.4 Å². The van der Waals surface area contributed by atoms with Gasteiger partial charge >= 0.3 is 5.97 Å². The maximum Gasteiger partial charge on any atom is 0.303 e. The molecule has 1 saturated heterocycles. The van der Waals surface area contributed by atoms with Gasteiger partial charge in [0, 0.05) is 24.9 Å². The summed E-state index contributed by atoms with van der Waals surface area (Å²) in [5.41, 5.74) is 0.154. The summed E-state index contributed by atoms with van der Waals surface area (Å²) in [6.07, 6.45) is 10.9. The number of hydrogen-bond donors (Lipinski definition) is 2. The molecule has 0 aromatic heterocycles. The molecule has 1 aliphatic carbocycles. The first-order chi connectivity index (χ1) is 10.6. The number of carbonyl (C=O) groups is 2. The minimum Gasteiger partial charge on any atom is -0.481 e.